The SMILES string of the molecule is c1ccc(-c2ccccc2N(c2ccc3c(c2)sc2ccccc23)c2ccc3c(c2)c2ccc4ccccc4c2n3-c2ccccc2)cc1. The minimum atomic E-state index is 1.12. The standard InChI is InChI=1S/C46H30N2S/c1-3-13-31(14-4-1)36-18-9-11-21-42(36)47(35-24-27-39-38-20-10-12-22-44(38)49-45(39)30-35)34-25-28-43-41(29-34)40-26-23-32-15-7-8-19-37(32)46(40)48(43)33-16-5-2-6-17-33/h1-30H. The predicted molar refractivity (Wildman–Crippen MR) is 211 cm³/mol. The van der Waals surface area contributed by atoms with Gasteiger partial charge in [0.1, 0.15) is 0 Å². The van der Waals surface area contributed by atoms with E-state index in [4.69, 9.17) is 0 Å². The fourth-order valence-corrected chi connectivity index (χ4v) is 8.70. The molecule has 0 bridgehead atoms. The Balaban J connectivity index is 1.27. The van der Waals surface area contributed by atoms with Gasteiger partial charge < -0.3 is 9.47 Å². The highest BCUT2D eigenvalue weighted by Gasteiger charge is 2.21. The zero-order valence-corrected chi connectivity index (χ0v) is 27.4. The molecule has 0 amide bonds. The normalized spacial score (nSPS) is 11.7. The second-order valence-electron chi connectivity index (χ2n) is 12.6. The number of hydrogen-bond donors (Lipinski definition) is 0. The van der Waals surface area contributed by atoms with Crippen molar-refractivity contribution in [3.8, 4) is 16.8 Å². The monoisotopic (exact) mass is 642 g/mol. The molecule has 2 nitrogen and oxygen atoms in total. The summed E-state index contributed by atoms with van der Waals surface area (Å²) < 4.78 is 5.03. The van der Waals surface area contributed by atoms with Crippen LogP contribution in [0.4, 0.5) is 17.1 Å². The number of para-hydroxylation sites is 2. The van der Waals surface area contributed by atoms with E-state index in [-0.39, 0.29) is 0 Å². The van der Waals surface area contributed by atoms with E-state index in [1.54, 1.807) is 0 Å². The summed E-state index contributed by atoms with van der Waals surface area (Å²) in [4.78, 5) is 2.44. The first-order chi connectivity index (χ1) is 24.3. The molecule has 0 radical (unpaired) electrons. The summed E-state index contributed by atoms with van der Waals surface area (Å²) >= 11 is 1.86. The number of nitrogens with zero attached hydrogens (tertiary/aromatic N) is 2. The fraction of sp³-hybridized carbons (Fsp3) is 0. The Bertz CT molecular complexity index is 2830. The van der Waals surface area contributed by atoms with Crippen LogP contribution in [-0.4, -0.2) is 4.57 Å². The van der Waals surface area contributed by atoms with Crippen LogP contribution in [0.1, 0.15) is 0 Å². The summed E-state index contributed by atoms with van der Waals surface area (Å²) in [7, 11) is 0. The third-order valence-corrected chi connectivity index (χ3v) is 10.9. The first-order valence-corrected chi connectivity index (χ1v) is 17.5. The van der Waals surface area contributed by atoms with E-state index >= 15 is 0 Å². The van der Waals surface area contributed by atoms with Crippen LogP contribution >= 0.6 is 11.3 Å². The first-order valence-electron chi connectivity index (χ1n) is 16.7. The van der Waals surface area contributed by atoms with Crippen LogP contribution in [0.2, 0.25) is 0 Å². The Kier molecular flexibility index (Phi) is 6.39. The topological polar surface area (TPSA) is 8.17 Å². The zero-order chi connectivity index (χ0) is 32.3. The molecule has 2 heterocycles. The molecule has 0 aliphatic rings. The highest BCUT2D eigenvalue weighted by molar-refractivity contribution is 7.25. The van der Waals surface area contributed by atoms with E-state index < -0.39 is 0 Å². The molecule has 0 atom stereocenters. The Morgan fingerprint density at radius 3 is 1.96 bits per heavy atom. The van der Waals surface area contributed by atoms with Crippen molar-refractivity contribution >= 4 is 81.1 Å². The molecule has 2 aromatic heterocycles. The lowest BCUT2D eigenvalue weighted by atomic mass is 10.0. The summed E-state index contributed by atoms with van der Waals surface area (Å²) in [6.07, 6.45) is 0. The molecular formula is C46H30N2S. The van der Waals surface area contributed by atoms with Gasteiger partial charge in [-0.05, 0) is 65.5 Å². The molecule has 0 spiro atoms. The van der Waals surface area contributed by atoms with Gasteiger partial charge in [-0.1, -0.05) is 127 Å². The van der Waals surface area contributed by atoms with Gasteiger partial charge in [0.25, 0.3) is 0 Å². The van der Waals surface area contributed by atoms with Crippen molar-refractivity contribution in [2.75, 3.05) is 4.90 Å². The summed E-state index contributed by atoms with van der Waals surface area (Å²) in [5.74, 6) is 0. The van der Waals surface area contributed by atoms with E-state index in [1.165, 1.54) is 63.9 Å². The van der Waals surface area contributed by atoms with Crippen LogP contribution in [0.5, 0.6) is 0 Å². The lowest BCUT2D eigenvalue weighted by Gasteiger charge is -2.28. The molecular weight excluding hydrogens is 613 g/mol. The molecule has 10 aromatic rings. The largest absolute Gasteiger partial charge is 0.310 e. The maximum Gasteiger partial charge on any atom is 0.0619 e. The molecule has 0 aliphatic heterocycles. The molecule has 10 rings (SSSR count). The average Bonchev–Trinajstić information content (AvgIpc) is 3.71. The second-order valence-corrected chi connectivity index (χ2v) is 13.6. The fourth-order valence-electron chi connectivity index (χ4n) is 7.56. The first kappa shape index (κ1) is 27.9. The van der Waals surface area contributed by atoms with Crippen molar-refractivity contribution in [2.45, 2.75) is 0 Å². The van der Waals surface area contributed by atoms with Crippen LogP contribution in [-0.2, 0) is 0 Å². The van der Waals surface area contributed by atoms with Gasteiger partial charge in [-0.3, -0.25) is 0 Å². The highest BCUT2D eigenvalue weighted by atomic mass is 32.1. The van der Waals surface area contributed by atoms with Gasteiger partial charge in [-0.2, -0.15) is 0 Å². The molecule has 0 aliphatic carbocycles. The van der Waals surface area contributed by atoms with Gasteiger partial charge in [-0.25, -0.2) is 0 Å². The molecule has 8 aromatic carbocycles. The molecule has 0 fully saturated rings. The van der Waals surface area contributed by atoms with Crippen LogP contribution in [0.15, 0.2) is 182 Å². The average molecular weight is 643 g/mol. The third-order valence-electron chi connectivity index (χ3n) is 9.76. The number of rotatable bonds is 5. The number of aromatic nitrogens is 1. The van der Waals surface area contributed by atoms with E-state index in [0.29, 0.717) is 0 Å². The van der Waals surface area contributed by atoms with Crippen molar-refractivity contribution in [3.63, 3.8) is 0 Å². The lowest BCUT2D eigenvalue weighted by molar-refractivity contribution is 1.18. The number of anilines is 3. The summed E-state index contributed by atoms with van der Waals surface area (Å²) in [5.41, 5.74) is 9.38. The van der Waals surface area contributed by atoms with E-state index in [9.17, 15) is 0 Å². The summed E-state index contributed by atoms with van der Waals surface area (Å²) in [6, 6.07) is 66.2. The molecule has 0 saturated heterocycles. The highest BCUT2D eigenvalue weighted by Crippen LogP contribution is 2.46. The van der Waals surface area contributed by atoms with Gasteiger partial charge >= 0.3 is 0 Å². The minimum absolute atomic E-state index is 1.12. The van der Waals surface area contributed by atoms with E-state index in [0.717, 1.165) is 22.7 Å². The van der Waals surface area contributed by atoms with E-state index in [2.05, 4.69) is 191 Å². The molecule has 0 saturated carbocycles. The van der Waals surface area contributed by atoms with Crippen molar-refractivity contribution in [2.24, 2.45) is 0 Å². The van der Waals surface area contributed by atoms with Crippen LogP contribution in [0, 0.1) is 0 Å². The Labute approximate surface area is 288 Å². The maximum absolute atomic E-state index is 2.44. The van der Waals surface area contributed by atoms with Crippen molar-refractivity contribution in [1.82, 2.24) is 4.57 Å². The quantitative estimate of drug-likeness (QED) is 0.181. The Morgan fingerprint density at radius 1 is 0.429 bits per heavy atom. The Morgan fingerprint density at radius 2 is 1.08 bits per heavy atom. The molecule has 0 N–H and O–H groups in total. The van der Waals surface area contributed by atoms with Crippen LogP contribution < -0.4 is 4.90 Å². The third kappa shape index (κ3) is 4.47. The molecule has 0 unspecified atom stereocenters. The van der Waals surface area contributed by atoms with Crippen LogP contribution in [0.3, 0.4) is 0 Å². The summed E-state index contributed by atoms with van der Waals surface area (Å²) in [6.45, 7) is 0. The van der Waals surface area contributed by atoms with Gasteiger partial charge in [0.2, 0.25) is 0 Å². The molecule has 49 heavy (non-hydrogen) atoms. The lowest BCUT2D eigenvalue weighted by Crippen LogP contribution is -2.11. The molecule has 230 valence electrons. The Hall–Kier alpha value is -6.16. The van der Waals surface area contributed by atoms with Gasteiger partial charge in [-0.15, -0.1) is 11.3 Å². The summed E-state index contributed by atoms with van der Waals surface area (Å²) in [5, 5.41) is 7.58. The smallest absolute Gasteiger partial charge is 0.0619 e. The minimum Gasteiger partial charge on any atom is -0.310 e. The number of benzene rings is 8. The number of thiophene rings is 1. The second kappa shape index (κ2) is 11.2. The van der Waals surface area contributed by atoms with Gasteiger partial charge in [0.15, 0.2) is 0 Å². The number of fused-ring (bicyclic) bond motifs is 8. The number of hydrogen-bond acceptors (Lipinski definition) is 2. The maximum atomic E-state index is 2.44. The molecule has 3 heteroatoms. The van der Waals surface area contributed by atoms with Gasteiger partial charge in [0.05, 0.1) is 16.7 Å². The predicted octanol–water partition coefficient (Wildman–Crippen LogP) is 13.4. The van der Waals surface area contributed by atoms with Crippen molar-refractivity contribution in [3.05, 3.63) is 182 Å². The van der Waals surface area contributed by atoms with Crippen LogP contribution in [0.25, 0.3) is 69.6 Å². The van der Waals surface area contributed by atoms with Gasteiger partial charge in [0, 0.05) is 59.0 Å². The van der Waals surface area contributed by atoms with E-state index in [1.807, 2.05) is 11.3 Å². The zero-order valence-electron chi connectivity index (χ0n) is 26.6. The van der Waals surface area contributed by atoms with Crippen molar-refractivity contribution in [1.29, 1.82) is 0 Å². The van der Waals surface area contributed by atoms with Crippen molar-refractivity contribution < 1.29 is 0 Å².